The third-order valence-corrected chi connectivity index (χ3v) is 6.36. The molecule has 0 atom stereocenters. The van der Waals surface area contributed by atoms with Crippen LogP contribution in [0.2, 0.25) is 5.02 Å². The van der Waals surface area contributed by atoms with Crippen molar-refractivity contribution in [1.29, 1.82) is 0 Å². The average molecular weight is 512 g/mol. The van der Waals surface area contributed by atoms with Gasteiger partial charge in [0, 0.05) is 22.5 Å². The fourth-order valence-corrected chi connectivity index (χ4v) is 4.42. The Morgan fingerprint density at radius 2 is 1.91 bits per heavy atom. The SMILES string of the molecule is COc1cccc(NC(=O)NCc2nnc(SCc3ccc(F)cc3)n2-c2cc(Cl)ccc2C)c1. The number of nitrogens with one attached hydrogen (secondary N) is 2. The van der Waals surface area contributed by atoms with Gasteiger partial charge in [-0.05, 0) is 54.4 Å². The zero-order valence-electron chi connectivity index (χ0n) is 19.1. The topological polar surface area (TPSA) is 81.1 Å². The summed E-state index contributed by atoms with van der Waals surface area (Å²) in [5, 5.41) is 15.5. The molecule has 180 valence electrons. The van der Waals surface area contributed by atoms with Crippen LogP contribution in [-0.2, 0) is 12.3 Å². The van der Waals surface area contributed by atoms with Crippen molar-refractivity contribution in [2.75, 3.05) is 12.4 Å². The number of nitrogens with zero attached hydrogens (tertiary/aromatic N) is 3. The number of aromatic nitrogens is 3. The van der Waals surface area contributed by atoms with Gasteiger partial charge in [-0.2, -0.15) is 0 Å². The molecular weight excluding hydrogens is 489 g/mol. The number of anilines is 1. The van der Waals surface area contributed by atoms with E-state index in [9.17, 15) is 9.18 Å². The fraction of sp³-hybridized carbons (Fsp3) is 0.160. The van der Waals surface area contributed by atoms with Gasteiger partial charge in [0.2, 0.25) is 0 Å². The Morgan fingerprint density at radius 3 is 2.69 bits per heavy atom. The van der Waals surface area contributed by atoms with E-state index in [2.05, 4.69) is 20.8 Å². The van der Waals surface area contributed by atoms with Gasteiger partial charge in [-0.1, -0.05) is 47.6 Å². The number of amides is 2. The van der Waals surface area contributed by atoms with Crippen LogP contribution in [0.4, 0.5) is 14.9 Å². The molecule has 0 radical (unpaired) electrons. The lowest BCUT2D eigenvalue weighted by molar-refractivity contribution is 0.251. The van der Waals surface area contributed by atoms with Gasteiger partial charge in [0.15, 0.2) is 11.0 Å². The van der Waals surface area contributed by atoms with E-state index >= 15 is 0 Å². The lowest BCUT2D eigenvalue weighted by atomic mass is 10.2. The number of ether oxygens (including phenoxy) is 1. The van der Waals surface area contributed by atoms with Gasteiger partial charge < -0.3 is 15.4 Å². The lowest BCUT2D eigenvalue weighted by Crippen LogP contribution is -2.29. The predicted molar refractivity (Wildman–Crippen MR) is 136 cm³/mol. The summed E-state index contributed by atoms with van der Waals surface area (Å²) in [5.41, 5.74) is 3.34. The first-order valence-corrected chi connectivity index (χ1v) is 12.1. The minimum absolute atomic E-state index is 0.131. The van der Waals surface area contributed by atoms with Crippen molar-refractivity contribution in [3.05, 3.63) is 94.5 Å². The second kappa shape index (κ2) is 11.2. The average Bonchev–Trinajstić information content (AvgIpc) is 3.26. The summed E-state index contributed by atoms with van der Waals surface area (Å²) in [6.07, 6.45) is 0. The molecule has 3 aromatic carbocycles. The van der Waals surface area contributed by atoms with Crippen LogP contribution < -0.4 is 15.4 Å². The summed E-state index contributed by atoms with van der Waals surface area (Å²) in [7, 11) is 1.56. The number of carbonyl (C=O) groups is 1. The molecule has 2 N–H and O–H groups in total. The number of hydrogen-bond donors (Lipinski definition) is 2. The first-order valence-electron chi connectivity index (χ1n) is 10.7. The number of methoxy groups -OCH3 is 1. The maximum Gasteiger partial charge on any atom is 0.319 e. The van der Waals surface area contributed by atoms with E-state index in [0.717, 1.165) is 16.8 Å². The molecule has 2 amide bonds. The number of aryl methyl sites for hydroxylation is 1. The molecule has 0 aliphatic rings. The highest BCUT2D eigenvalue weighted by Gasteiger charge is 2.17. The minimum Gasteiger partial charge on any atom is -0.497 e. The summed E-state index contributed by atoms with van der Waals surface area (Å²) < 4.78 is 20.3. The van der Waals surface area contributed by atoms with E-state index in [-0.39, 0.29) is 12.4 Å². The lowest BCUT2D eigenvalue weighted by Gasteiger charge is -2.14. The highest BCUT2D eigenvalue weighted by molar-refractivity contribution is 7.98. The van der Waals surface area contributed by atoms with Gasteiger partial charge in [0.1, 0.15) is 11.6 Å². The second-order valence-corrected chi connectivity index (χ2v) is 9.00. The Bertz CT molecular complexity index is 1330. The summed E-state index contributed by atoms with van der Waals surface area (Å²) in [5.74, 6) is 1.47. The smallest absolute Gasteiger partial charge is 0.319 e. The number of carbonyl (C=O) groups excluding carboxylic acids is 1. The van der Waals surface area contributed by atoms with Crippen molar-refractivity contribution >= 4 is 35.1 Å². The molecule has 10 heteroatoms. The fourth-order valence-electron chi connectivity index (χ4n) is 3.34. The van der Waals surface area contributed by atoms with Gasteiger partial charge in [-0.25, -0.2) is 9.18 Å². The van der Waals surface area contributed by atoms with Crippen LogP contribution in [0.5, 0.6) is 5.75 Å². The third kappa shape index (κ3) is 6.32. The molecule has 1 aromatic heterocycles. The van der Waals surface area contributed by atoms with Crippen molar-refractivity contribution in [3.8, 4) is 11.4 Å². The number of thioether (sulfide) groups is 1. The Hall–Kier alpha value is -3.56. The molecule has 0 bridgehead atoms. The predicted octanol–water partition coefficient (Wildman–Crippen LogP) is 5.99. The molecule has 0 fully saturated rings. The van der Waals surface area contributed by atoms with Crippen LogP contribution in [0.15, 0.2) is 71.9 Å². The van der Waals surface area contributed by atoms with E-state index in [1.807, 2.05) is 29.7 Å². The summed E-state index contributed by atoms with van der Waals surface area (Å²) >= 11 is 7.74. The number of hydrogen-bond acceptors (Lipinski definition) is 5. The van der Waals surface area contributed by atoms with Gasteiger partial charge in [0.05, 0.1) is 19.3 Å². The molecule has 0 unspecified atom stereocenters. The van der Waals surface area contributed by atoms with Crippen LogP contribution in [0.25, 0.3) is 5.69 Å². The first kappa shape index (κ1) is 24.6. The van der Waals surface area contributed by atoms with Crippen LogP contribution in [0.1, 0.15) is 17.0 Å². The minimum atomic E-state index is -0.392. The molecule has 0 saturated carbocycles. The van der Waals surface area contributed by atoms with E-state index in [1.165, 1.54) is 23.9 Å². The molecule has 0 saturated heterocycles. The van der Waals surface area contributed by atoms with Gasteiger partial charge >= 0.3 is 6.03 Å². The van der Waals surface area contributed by atoms with E-state index < -0.39 is 6.03 Å². The number of urea groups is 1. The number of rotatable bonds is 8. The van der Waals surface area contributed by atoms with Crippen molar-refractivity contribution < 1.29 is 13.9 Å². The maximum absolute atomic E-state index is 13.3. The maximum atomic E-state index is 13.3. The van der Waals surface area contributed by atoms with Crippen molar-refractivity contribution in [2.45, 2.75) is 24.4 Å². The molecule has 35 heavy (non-hydrogen) atoms. The Balaban J connectivity index is 1.54. The van der Waals surface area contributed by atoms with Crippen molar-refractivity contribution in [1.82, 2.24) is 20.1 Å². The summed E-state index contributed by atoms with van der Waals surface area (Å²) in [6.45, 7) is 2.10. The van der Waals surface area contributed by atoms with Crippen molar-refractivity contribution in [3.63, 3.8) is 0 Å². The zero-order valence-corrected chi connectivity index (χ0v) is 20.7. The summed E-state index contributed by atoms with van der Waals surface area (Å²) in [6, 6.07) is 18.6. The largest absolute Gasteiger partial charge is 0.497 e. The highest BCUT2D eigenvalue weighted by atomic mass is 35.5. The third-order valence-electron chi connectivity index (χ3n) is 5.13. The Kier molecular flexibility index (Phi) is 7.89. The van der Waals surface area contributed by atoms with Gasteiger partial charge in [0.25, 0.3) is 0 Å². The van der Waals surface area contributed by atoms with Gasteiger partial charge in [-0.15, -0.1) is 10.2 Å². The monoisotopic (exact) mass is 511 g/mol. The van der Waals surface area contributed by atoms with Gasteiger partial charge in [-0.3, -0.25) is 4.57 Å². The number of halogens is 2. The van der Waals surface area contributed by atoms with E-state index in [4.69, 9.17) is 16.3 Å². The van der Waals surface area contributed by atoms with E-state index in [1.54, 1.807) is 43.5 Å². The molecule has 7 nitrogen and oxygen atoms in total. The van der Waals surface area contributed by atoms with Crippen LogP contribution >= 0.6 is 23.4 Å². The van der Waals surface area contributed by atoms with Crippen LogP contribution in [0, 0.1) is 12.7 Å². The second-order valence-electron chi connectivity index (χ2n) is 7.62. The summed E-state index contributed by atoms with van der Waals surface area (Å²) in [4.78, 5) is 12.5. The molecule has 0 aliphatic carbocycles. The zero-order chi connectivity index (χ0) is 24.8. The van der Waals surface area contributed by atoms with E-state index in [0.29, 0.717) is 33.2 Å². The molecule has 4 aromatic rings. The highest BCUT2D eigenvalue weighted by Crippen LogP contribution is 2.28. The molecule has 4 rings (SSSR count). The van der Waals surface area contributed by atoms with Crippen molar-refractivity contribution in [2.24, 2.45) is 0 Å². The quantitative estimate of drug-likeness (QED) is 0.284. The van der Waals surface area contributed by atoms with Crippen LogP contribution in [-0.4, -0.2) is 27.9 Å². The number of benzene rings is 3. The first-order chi connectivity index (χ1) is 16.9. The standard InChI is InChI=1S/C25H23ClFN5O2S/c1-16-6-9-18(26)12-22(16)32-23(14-28-24(33)29-20-4-3-5-21(13-20)34-2)30-31-25(32)35-15-17-7-10-19(27)11-8-17/h3-13H,14-15H2,1-2H3,(H2,28,29,33). The molecule has 0 aliphatic heterocycles. The molecule has 0 spiro atoms. The molecular formula is C25H23ClFN5O2S. The molecule has 1 heterocycles. The Labute approximate surface area is 211 Å². The van der Waals surface area contributed by atoms with Crippen LogP contribution in [0.3, 0.4) is 0 Å². The normalized spacial score (nSPS) is 10.7. The Morgan fingerprint density at radius 1 is 1.11 bits per heavy atom.